The number of hydrogen-bond donors (Lipinski definition) is 1. The molecule has 1 unspecified atom stereocenters. The molecule has 1 aliphatic rings. The highest BCUT2D eigenvalue weighted by atomic mass is 32.2. The van der Waals surface area contributed by atoms with Crippen molar-refractivity contribution in [3.63, 3.8) is 0 Å². The second-order valence-corrected chi connectivity index (χ2v) is 9.26. The molecule has 26 heavy (non-hydrogen) atoms. The molecule has 0 saturated heterocycles. The van der Waals surface area contributed by atoms with Crippen molar-refractivity contribution in [3.05, 3.63) is 12.2 Å². The van der Waals surface area contributed by atoms with E-state index in [9.17, 15) is 9.59 Å². The Labute approximate surface area is 164 Å². The van der Waals surface area contributed by atoms with E-state index in [-0.39, 0.29) is 5.12 Å². The van der Waals surface area contributed by atoms with Crippen LogP contribution in [-0.2, 0) is 9.59 Å². The highest BCUT2D eigenvalue weighted by Crippen LogP contribution is 2.39. The fourth-order valence-electron chi connectivity index (χ4n) is 4.25. The van der Waals surface area contributed by atoms with Gasteiger partial charge in [0.2, 0.25) is 0 Å². The smallest absolute Gasteiger partial charge is 0.327 e. The van der Waals surface area contributed by atoms with Gasteiger partial charge < -0.3 is 5.11 Å². The molecule has 0 aromatic heterocycles. The van der Waals surface area contributed by atoms with E-state index in [0.29, 0.717) is 5.25 Å². The first-order chi connectivity index (χ1) is 12.5. The van der Waals surface area contributed by atoms with Crippen LogP contribution in [0.4, 0.5) is 0 Å². The van der Waals surface area contributed by atoms with Crippen LogP contribution in [0.2, 0.25) is 0 Å². The zero-order chi connectivity index (χ0) is 19.2. The Balaban J connectivity index is 2.29. The van der Waals surface area contributed by atoms with Gasteiger partial charge in [0.25, 0.3) is 0 Å². The van der Waals surface area contributed by atoms with Crippen LogP contribution in [-0.4, -0.2) is 21.4 Å². The minimum absolute atomic E-state index is 0.267. The Morgan fingerprint density at radius 2 is 1.81 bits per heavy atom. The maximum absolute atomic E-state index is 11.5. The highest BCUT2D eigenvalue weighted by molar-refractivity contribution is 8.14. The molecule has 3 atom stereocenters. The van der Waals surface area contributed by atoms with Crippen LogP contribution in [0.15, 0.2) is 12.2 Å². The molecule has 0 bridgehead atoms. The second kappa shape index (κ2) is 14.3. The molecule has 150 valence electrons. The summed E-state index contributed by atoms with van der Waals surface area (Å²) in [5.41, 5.74) is 0. The van der Waals surface area contributed by atoms with Gasteiger partial charge in [0.05, 0.1) is 0 Å². The van der Waals surface area contributed by atoms with E-state index >= 15 is 0 Å². The van der Waals surface area contributed by atoms with Crippen LogP contribution in [0.1, 0.15) is 97.3 Å². The van der Waals surface area contributed by atoms with Gasteiger partial charge in [0.15, 0.2) is 5.12 Å². The maximum atomic E-state index is 11.5. The second-order valence-electron chi connectivity index (χ2n) is 7.78. The van der Waals surface area contributed by atoms with E-state index in [2.05, 4.69) is 6.92 Å². The Morgan fingerprint density at radius 1 is 1.08 bits per heavy atom. The van der Waals surface area contributed by atoms with Crippen molar-refractivity contribution >= 4 is 22.8 Å². The Morgan fingerprint density at radius 3 is 2.46 bits per heavy atom. The molecule has 0 amide bonds. The van der Waals surface area contributed by atoms with E-state index in [1.165, 1.54) is 76.7 Å². The minimum atomic E-state index is -0.849. The zero-order valence-electron chi connectivity index (χ0n) is 16.8. The standard InChI is InChI=1S/C22H38O3S/c1-3-4-7-14-21(26-18(2)23)17-16-20-13-10-12-19(20)11-8-5-6-9-15-22(24)25/h9,15,19-21H,3-8,10-14,16-17H2,1-2H3,(H,24,25)/t19-,20+,21?/m0/s1. The van der Waals surface area contributed by atoms with Gasteiger partial charge in [-0.05, 0) is 43.9 Å². The number of carbonyl (C=O) groups is 2. The lowest BCUT2D eigenvalue weighted by Gasteiger charge is -2.22. The van der Waals surface area contributed by atoms with Gasteiger partial charge in [0, 0.05) is 18.2 Å². The van der Waals surface area contributed by atoms with E-state index in [1.54, 1.807) is 24.8 Å². The van der Waals surface area contributed by atoms with Gasteiger partial charge in [-0.25, -0.2) is 4.79 Å². The average Bonchev–Trinajstić information content (AvgIpc) is 3.02. The predicted molar refractivity (Wildman–Crippen MR) is 112 cm³/mol. The lowest BCUT2D eigenvalue weighted by molar-refractivity contribution is -0.131. The van der Waals surface area contributed by atoms with Crippen LogP contribution in [0.25, 0.3) is 0 Å². The number of carboxylic acids is 1. The summed E-state index contributed by atoms with van der Waals surface area (Å²) in [5, 5.41) is 9.38. The summed E-state index contributed by atoms with van der Waals surface area (Å²) >= 11 is 1.57. The third-order valence-corrected chi connectivity index (χ3v) is 6.73. The number of carboxylic acid groups (broad SMARTS) is 1. The van der Waals surface area contributed by atoms with E-state index in [1.807, 2.05) is 0 Å². The van der Waals surface area contributed by atoms with Crippen LogP contribution >= 0.6 is 11.8 Å². The van der Waals surface area contributed by atoms with Gasteiger partial charge in [-0.2, -0.15) is 0 Å². The molecule has 1 aliphatic carbocycles. The SMILES string of the molecule is CCCCCC(CC[C@H]1CCC[C@@H]1CCCCC=CC(=O)O)SC(C)=O. The van der Waals surface area contributed by atoms with Gasteiger partial charge in [0.1, 0.15) is 0 Å². The van der Waals surface area contributed by atoms with Gasteiger partial charge >= 0.3 is 5.97 Å². The van der Waals surface area contributed by atoms with Crippen LogP contribution in [0.3, 0.4) is 0 Å². The number of carbonyl (C=O) groups excluding carboxylic acids is 1. The lowest BCUT2D eigenvalue weighted by Crippen LogP contribution is -2.13. The van der Waals surface area contributed by atoms with Crippen molar-refractivity contribution < 1.29 is 14.7 Å². The molecule has 1 N–H and O–H groups in total. The highest BCUT2D eigenvalue weighted by Gasteiger charge is 2.27. The summed E-state index contributed by atoms with van der Waals surface area (Å²) in [4.78, 5) is 22.0. The van der Waals surface area contributed by atoms with Crippen LogP contribution < -0.4 is 0 Å². The Kier molecular flexibility index (Phi) is 12.8. The zero-order valence-corrected chi connectivity index (χ0v) is 17.6. The van der Waals surface area contributed by atoms with E-state index in [0.717, 1.165) is 24.7 Å². The molecule has 0 aromatic carbocycles. The van der Waals surface area contributed by atoms with Gasteiger partial charge in [-0.15, -0.1) is 0 Å². The lowest BCUT2D eigenvalue weighted by atomic mass is 9.86. The summed E-state index contributed by atoms with van der Waals surface area (Å²) < 4.78 is 0. The fraction of sp³-hybridized carbons (Fsp3) is 0.818. The first-order valence-electron chi connectivity index (χ1n) is 10.6. The fourth-order valence-corrected chi connectivity index (χ4v) is 5.25. The first-order valence-corrected chi connectivity index (χ1v) is 11.5. The molecular formula is C22H38O3S. The third kappa shape index (κ3) is 11.1. The molecule has 4 heteroatoms. The molecular weight excluding hydrogens is 344 g/mol. The largest absolute Gasteiger partial charge is 0.478 e. The molecule has 1 saturated carbocycles. The normalized spacial score (nSPS) is 21.3. The summed E-state index contributed by atoms with van der Waals surface area (Å²) in [6, 6.07) is 0. The molecule has 3 nitrogen and oxygen atoms in total. The first kappa shape index (κ1) is 23.3. The average molecular weight is 383 g/mol. The topological polar surface area (TPSA) is 54.4 Å². The van der Waals surface area contributed by atoms with Crippen molar-refractivity contribution in [1.29, 1.82) is 0 Å². The van der Waals surface area contributed by atoms with E-state index in [4.69, 9.17) is 5.11 Å². The molecule has 0 radical (unpaired) electrons. The van der Waals surface area contributed by atoms with Crippen molar-refractivity contribution in [2.75, 3.05) is 0 Å². The number of rotatable bonds is 14. The van der Waals surface area contributed by atoms with Crippen LogP contribution in [0.5, 0.6) is 0 Å². The van der Waals surface area contributed by atoms with Gasteiger partial charge in [-0.3, -0.25) is 4.79 Å². The quantitative estimate of drug-likeness (QED) is 0.271. The maximum Gasteiger partial charge on any atom is 0.327 e. The van der Waals surface area contributed by atoms with Crippen molar-refractivity contribution in [3.8, 4) is 0 Å². The summed E-state index contributed by atoms with van der Waals surface area (Å²) in [6.07, 6.45) is 19.0. The molecule has 0 aromatic rings. The Hall–Kier alpha value is -0.770. The summed E-state index contributed by atoms with van der Waals surface area (Å²) in [6.45, 7) is 3.93. The predicted octanol–water partition coefficient (Wildman–Crippen LogP) is 6.61. The summed E-state index contributed by atoms with van der Waals surface area (Å²) in [5.74, 6) is 0.834. The molecule has 0 aliphatic heterocycles. The van der Waals surface area contributed by atoms with Crippen molar-refractivity contribution in [2.45, 2.75) is 103 Å². The molecule has 0 heterocycles. The number of aliphatic carboxylic acids is 1. The minimum Gasteiger partial charge on any atom is -0.478 e. The molecule has 1 fully saturated rings. The third-order valence-electron chi connectivity index (χ3n) is 5.59. The molecule has 0 spiro atoms. The molecule has 1 rings (SSSR count). The Bertz CT molecular complexity index is 433. The monoisotopic (exact) mass is 382 g/mol. The van der Waals surface area contributed by atoms with Crippen LogP contribution in [0, 0.1) is 11.8 Å². The number of allylic oxidation sites excluding steroid dienone is 1. The van der Waals surface area contributed by atoms with E-state index < -0.39 is 5.97 Å². The summed E-state index contributed by atoms with van der Waals surface area (Å²) in [7, 11) is 0. The number of hydrogen-bond acceptors (Lipinski definition) is 3. The van der Waals surface area contributed by atoms with Crippen molar-refractivity contribution in [2.24, 2.45) is 11.8 Å². The number of thioether (sulfide) groups is 1. The number of unbranched alkanes of at least 4 members (excludes halogenated alkanes) is 4. The van der Waals surface area contributed by atoms with Crippen molar-refractivity contribution in [1.82, 2.24) is 0 Å². The van der Waals surface area contributed by atoms with Gasteiger partial charge in [-0.1, -0.05) is 76.1 Å².